The van der Waals surface area contributed by atoms with Crippen molar-refractivity contribution in [1.29, 1.82) is 0 Å². The van der Waals surface area contributed by atoms with Crippen molar-refractivity contribution in [2.45, 2.75) is 39.0 Å². The fourth-order valence-electron chi connectivity index (χ4n) is 3.13. The van der Waals surface area contributed by atoms with Gasteiger partial charge < -0.3 is 4.90 Å². The molecule has 1 aliphatic heterocycles. The summed E-state index contributed by atoms with van der Waals surface area (Å²) in [7, 11) is 0. The summed E-state index contributed by atoms with van der Waals surface area (Å²) < 4.78 is 0. The minimum Gasteiger partial charge on any atom is -0.371 e. The largest absolute Gasteiger partial charge is 0.371 e. The number of hydrogen-bond acceptors (Lipinski definition) is 2. The van der Waals surface area contributed by atoms with Crippen LogP contribution in [0.15, 0.2) is 36.5 Å². The van der Waals surface area contributed by atoms with Crippen LogP contribution in [0.1, 0.15) is 36.1 Å². The van der Waals surface area contributed by atoms with Gasteiger partial charge in [-0.1, -0.05) is 29.8 Å². The number of rotatable bonds is 4. The summed E-state index contributed by atoms with van der Waals surface area (Å²) >= 11 is 6.24. The van der Waals surface area contributed by atoms with Gasteiger partial charge in [-0.3, -0.25) is 4.98 Å². The number of anilines is 1. The number of benzene rings is 1. The first-order valence-corrected chi connectivity index (χ1v) is 8.56. The average Bonchev–Trinajstić information content (AvgIpc) is 2.56. The van der Waals surface area contributed by atoms with Gasteiger partial charge in [0.2, 0.25) is 0 Å². The van der Waals surface area contributed by atoms with E-state index in [-0.39, 0.29) is 0 Å². The van der Waals surface area contributed by atoms with E-state index >= 15 is 0 Å². The normalized spacial score (nSPS) is 15.1. The van der Waals surface area contributed by atoms with Crippen LogP contribution in [0.2, 0.25) is 5.02 Å². The monoisotopic (exact) mass is 314 g/mol. The highest BCUT2D eigenvalue weighted by atomic mass is 35.5. The maximum Gasteiger partial charge on any atom is 0.0438 e. The van der Waals surface area contributed by atoms with Gasteiger partial charge in [0, 0.05) is 35.7 Å². The van der Waals surface area contributed by atoms with E-state index in [9.17, 15) is 0 Å². The van der Waals surface area contributed by atoms with Gasteiger partial charge in [0.15, 0.2) is 0 Å². The molecule has 1 aromatic carbocycles. The second-order valence-electron chi connectivity index (χ2n) is 6.10. The highest BCUT2D eigenvalue weighted by Crippen LogP contribution is 2.25. The Morgan fingerprint density at radius 1 is 1.09 bits per heavy atom. The van der Waals surface area contributed by atoms with Crippen LogP contribution in [0.5, 0.6) is 0 Å². The van der Waals surface area contributed by atoms with Crippen molar-refractivity contribution < 1.29 is 0 Å². The number of aromatic nitrogens is 1. The number of aryl methyl sites for hydroxylation is 3. The van der Waals surface area contributed by atoms with Crippen molar-refractivity contribution in [3.8, 4) is 0 Å². The molecule has 2 nitrogen and oxygen atoms in total. The molecule has 0 atom stereocenters. The third-order valence-corrected chi connectivity index (χ3v) is 4.81. The van der Waals surface area contributed by atoms with Crippen LogP contribution in [-0.4, -0.2) is 18.1 Å². The van der Waals surface area contributed by atoms with E-state index in [1.807, 2.05) is 24.4 Å². The molecule has 3 heteroatoms. The zero-order valence-corrected chi connectivity index (χ0v) is 13.9. The minimum absolute atomic E-state index is 0.853. The Morgan fingerprint density at radius 2 is 1.86 bits per heavy atom. The summed E-state index contributed by atoms with van der Waals surface area (Å²) in [6, 6.07) is 10.4. The lowest BCUT2D eigenvalue weighted by atomic mass is 10.1. The van der Waals surface area contributed by atoms with Crippen molar-refractivity contribution in [2.75, 3.05) is 18.0 Å². The van der Waals surface area contributed by atoms with E-state index in [2.05, 4.69) is 28.9 Å². The first kappa shape index (κ1) is 15.4. The van der Waals surface area contributed by atoms with Gasteiger partial charge in [0.05, 0.1) is 0 Å². The van der Waals surface area contributed by atoms with E-state index in [0.717, 1.165) is 23.6 Å². The van der Waals surface area contributed by atoms with Crippen LogP contribution in [0, 0.1) is 6.92 Å². The van der Waals surface area contributed by atoms with Crippen LogP contribution in [0.4, 0.5) is 5.69 Å². The van der Waals surface area contributed by atoms with Crippen molar-refractivity contribution >= 4 is 17.3 Å². The fraction of sp³-hybridized carbons (Fsp3) is 0.421. The molecule has 1 aromatic heterocycles. The lowest BCUT2D eigenvalue weighted by Crippen LogP contribution is -2.30. The molecule has 3 rings (SSSR count). The Balaban J connectivity index is 1.73. The van der Waals surface area contributed by atoms with Crippen molar-refractivity contribution in [1.82, 2.24) is 4.98 Å². The summed E-state index contributed by atoms with van der Waals surface area (Å²) in [5.74, 6) is 0. The molecule has 1 aliphatic rings. The molecule has 2 heterocycles. The molecule has 2 aromatic rings. The topological polar surface area (TPSA) is 16.1 Å². The number of halogens is 1. The maximum absolute atomic E-state index is 6.24. The standard InChI is InChI=1S/C19H23ClN2/c1-15-14-21-17(10-9-16-7-3-4-8-18(16)20)13-19(15)22-11-5-2-6-12-22/h3-4,7-8,13-14H,2,5-6,9-12H2,1H3. The Labute approximate surface area is 138 Å². The van der Waals surface area contributed by atoms with E-state index in [0.29, 0.717) is 0 Å². The quantitative estimate of drug-likeness (QED) is 0.804. The van der Waals surface area contributed by atoms with Crippen LogP contribution >= 0.6 is 11.6 Å². The van der Waals surface area contributed by atoms with E-state index in [4.69, 9.17) is 11.6 Å². The van der Waals surface area contributed by atoms with Crippen LogP contribution in [-0.2, 0) is 12.8 Å². The van der Waals surface area contributed by atoms with Crippen molar-refractivity contribution in [3.63, 3.8) is 0 Å². The summed E-state index contributed by atoms with van der Waals surface area (Å²) in [6.45, 7) is 4.51. The molecule has 0 amide bonds. The summed E-state index contributed by atoms with van der Waals surface area (Å²) in [4.78, 5) is 7.12. The molecule has 0 bridgehead atoms. The maximum atomic E-state index is 6.24. The summed E-state index contributed by atoms with van der Waals surface area (Å²) in [5.41, 5.74) is 5.00. The minimum atomic E-state index is 0.853. The first-order valence-electron chi connectivity index (χ1n) is 8.18. The Hall–Kier alpha value is -1.54. The van der Waals surface area contributed by atoms with Crippen LogP contribution < -0.4 is 4.90 Å². The lowest BCUT2D eigenvalue weighted by Gasteiger charge is -2.30. The summed E-state index contributed by atoms with van der Waals surface area (Å²) in [6.07, 6.45) is 7.86. The molecule has 0 unspecified atom stereocenters. The van der Waals surface area contributed by atoms with Crippen LogP contribution in [0.3, 0.4) is 0 Å². The van der Waals surface area contributed by atoms with Gasteiger partial charge >= 0.3 is 0 Å². The molecule has 22 heavy (non-hydrogen) atoms. The molecule has 1 saturated heterocycles. The van der Waals surface area contributed by atoms with Gasteiger partial charge in [-0.05, 0) is 62.3 Å². The first-order chi connectivity index (χ1) is 10.7. The van der Waals surface area contributed by atoms with Gasteiger partial charge in [0.1, 0.15) is 0 Å². The fourth-order valence-corrected chi connectivity index (χ4v) is 3.36. The molecular weight excluding hydrogens is 292 g/mol. The van der Waals surface area contributed by atoms with Crippen molar-refractivity contribution in [3.05, 3.63) is 58.4 Å². The van der Waals surface area contributed by atoms with E-state index < -0.39 is 0 Å². The molecule has 116 valence electrons. The molecule has 0 spiro atoms. The predicted octanol–water partition coefficient (Wildman–Crippen LogP) is 4.82. The second kappa shape index (κ2) is 7.15. The van der Waals surface area contributed by atoms with Crippen LogP contribution in [0.25, 0.3) is 0 Å². The SMILES string of the molecule is Cc1cnc(CCc2ccccc2Cl)cc1N1CCCCC1. The van der Waals surface area contributed by atoms with Gasteiger partial charge in [-0.2, -0.15) is 0 Å². The molecule has 1 fully saturated rings. The zero-order chi connectivity index (χ0) is 15.4. The van der Waals surface area contributed by atoms with Gasteiger partial charge in [-0.25, -0.2) is 0 Å². The molecule has 0 saturated carbocycles. The number of pyridine rings is 1. The van der Waals surface area contributed by atoms with E-state index in [1.54, 1.807) is 0 Å². The number of nitrogens with zero attached hydrogens (tertiary/aromatic N) is 2. The second-order valence-corrected chi connectivity index (χ2v) is 6.51. The molecule has 0 radical (unpaired) electrons. The molecular formula is C19H23ClN2. The third-order valence-electron chi connectivity index (χ3n) is 4.44. The number of piperidine rings is 1. The molecule has 0 aliphatic carbocycles. The number of hydrogen-bond donors (Lipinski definition) is 0. The van der Waals surface area contributed by atoms with Gasteiger partial charge in [-0.15, -0.1) is 0 Å². The lowest BCUT2D eigenvalue weighted by molar-refractivity contribution is 0.576. The van der Waals surface area contributed by atoms with Gasteiger partial charge in [0.25, 0.3) is 0 Å². The Morgan fingerprint density at radius 3 is 2.64 bits per heavy atom. The zero-order valence-electron chi connectivity index (χ0n) is 13.2. The smallest absolute Gasteiger partial charge is 0.0438 e. The Kier molecular flexibility index (Phi) is 4.99. The van der Waals surface area contributed by atoms with Crippen molar-refractivity contribution in [2.24, 2.45) is 0 Å². The third kappa shape index (κ3) is 3.61. The summed E-state index contributed by atoms with van der Waals surface area (Å²) in [5, 5.41) is 0.853. The highest BCUT2D eigenvalue weighted by Gasteiger charge is 2.14. The molecule has 0 N–H and O–H groups in total. The van der Waals surface area contributed by atoms with E-state index in [1.165, 1.54) is 49.2 Å². The highest BCUT2D eigenvalue weighted by molar-refractivity contribution is 6.31. The Bertz CT molecular complexity index is 633. The predicted molar refractivity (Wildman–Crippen MR) is 93.9 cm³/mol. The average molecular weight is 315 g/mol.